The third-order valence-electron chi connectivity index (χ3n) is 4.06. The van der Waals surface area contributed by atoms with Gasteiger partial charge in [0.1, 0.15) is 16.5 Å². The van der Waals surface area contributed by atoms with Crippen molar-refractivity contribution in [2.24, 2.45) is 0 Å². The number of fused-ring (bicyclic) bond motifs is 1. The fourth-order valence-electron chi connectivity index (χ4n) is 2.90. The number of aryl methyl sites for hydroxylation is 1. The Hall–Kier alpha value is -1.16. The number of aromatic nitrogens is 2. The number of nitrogens with two attached hydrogens (primary N) is 1. The maximum absolute atomic E-state index is 6.13. The van der Waals surface area contributed by atoms with Gasteiger partial charge in [-0.05, 0) is 25.3 Å². The normalized spacial score (nSPS) is 17.7. The molecule has 0 radical (unpaired) electrons. The zero-order valence-electron chi connectivity index (χ0n) is 11.5. The summed E-state index contributed by atoms with van der Waals surface area (Å²) in [6.45, 7) is 2.17. The molecule has 3 rings (SSSR count). The molecule has 19 heavy (non-hydrogen) atoms. The van der Waals surface area contributed by atoms with Crippen LogP contribution in [-0.4, -0.2) is 9.97 Å². The Morgan fingerprint density at radius 1 is 1.21 bits per heavy atom. The van der Waals surface area contributed by atoms with Gasteiger partial charge in [-0.15, -0.1) is 11.3 Å². The van der Waals surface area contributed by atoms with Crippen LogP contribution in [-0.2, 0) is 6.42 Å². The molecule has 0 atom stereocenters. The molecule has 0 bridgehead atoms. The number of hydrogen-bond donors (Lipinski definition) is 1. The van der Waals surface area contributed by atoms with Crippen molar-refractivity contribution in [1.29, 1.82) is 0 Å². The molecule has 0 amide bonds. The standard InChI is InChI=1S/C15H21N3S/c1-2-11-9-12-13(16)17-14(18-15(12)19-11)10-7-5-3-4-6-8-10/h9-10H,2-8H2,1H3,(H2,16,17,18). The number of anilines is 1. The minimum absolute atomic E-state index is 0.515. The molecular weight excluding hydrogens is 254 g/mol. The fourth-order valence-corrected chi connectivity index (χ4v) is 3.89. The second-order valence-corrected chi connectivity index (χ2v) is 6.56. The average Bonchev–Trinajstić information content (AvgIpc) is 2.65. The predicted octanol–water partition coefficient (Wildman–Crippen LogP) is 4.27. The van der Waals surface area contributed by atoms with Crippen LogP contribution in [0.5, 0.6) is 0 Å². The molecule has 3 nitrogen and oxygen atoms in total. The Balaban J connectivity index is 1.99. The minimum atomic E-state index is 0.515. The van der Waals surface area contributed by atoms with Gasteiger partial charge in [-0.25, -0.2) is 9.97 Å². The molecule has 1 aliphatic rings. The zero-order valence-corrected chi connectivity index (χ0v) is 12.3. The molecule has 2 heterocycles. The first-order valence-corrected chi connectivity index (χ1v) is 8.15. The highest BCUT2D eigenvalue weighted by atomic mass is 32.1. The van der Waals surface area contributed by atoms with E-state index in [1.165, 1.54) is 43.4 Å². The monoisotopic (exact) mass is 275 g/mol. The third-order valence-corrected chi connectivity index (χ3v) is 5.23. The molecule has 0 aliphatic heterocycles. The molecule has 2 aromatic heterocycles. The molecular formula is C15H21N3S. The molecule has 0 unspecified atom stereocenters. The topological polar surface area (TPSA) is 51.8 Å². The summed E-state index contributed by atoms with van der Waals surface area (Å²) in [4.78, 5) is 11.8. The number of nitrogen functional groups attached to an aromatic ring is 1. The predicted molar refractivity (Wildman–Crippen MR) is 81.6 cm³/mol. The van der Waals surface area contributed by atoms with Gasteiger partial charge in [0.05, 0.1) is 5.39 Å². The molecule has 4 heteroatoms. The molecule has 1 fully saturated rings. The van der Waals surface area contributed by atoms with Crippen LogP contribution < -0.4 is 5.73 Å². The Morgan fingerprint density at radius 3 is 2.63 bits per heavy atom. The lowest BCUT2D eigenvalue weighted by molar-refractivity contribution is 0.564. The van der Waals surface area contributed by atoms with E-state index in [0.717, 1.165) is 22.5 Å². The van der Waals surface area contributed by atoms with Crippen LogP contribution in [0.1, 0.15) is 62.1 Å². The van der Waals surface area contributed by atoms with E-state index < -0.39 is 0 Å². The van der Waals surface area contributed by atoms with Crippen LogP contribution in [0.25, 0.3) is 10.2 Å². The van der Waals surface area contributed by atoms with Crippen molar-refractivity contribution in [3.63, 3.8) is 0 Å². The van der Waals surface area contributed by atoms with Gasteiger partial charge in [0.25, 0.3) is 0 Å². The maximum atomic E-state index is 6.13. The smallest absolute Gasteiger partial charge is 0.135 e. The van der Waals surface area contributed by atoms with E-state index in [-0.39, 0.29) is 0 Å². The molecule has 2 N–H and O–H groups in total. The van der Waals surface area contributed by atoms with Gasteiger partial charge in [0.2, 0.25) is 0 Å². The quantitative estimate of drug-likeness (QED) is 0.832. The van der Waals surface area contributed by atoms with E-state index >= 15 is 0 Å². The van der Waals surface area contributed by atoms with Gasteiger partial charge in [-0.1, -0.05) is 32.6 Å². The number of thiophene rings is 1. The van der Waals surface area contributed by atoms with Gasteiger partial charge in [-0.2, -0.15) is 0 Å². The number of hydrogen-bond acceptors (Lipinski definition) is 4. The lowest BCUT2D eigenvalue weighted by Gasteiger charge is -2.12. The van der Waals surface area contributed by atoms with Crippen molar-refractivity contribution in [2.45, 2.75) is 57.8 Å². The first kappa shape index (κ1) is 12.9. The molecule has 1 aliphatic carbocycles. The van der Waals surface area contributed by atoms with Crippen LogP contribution in [0.4, 0.5) is 5.82 Å². The molecule has 1 saturated carbocycles. The first-order chi connectivity index (χ1) is 9.28. The highest BCUT2D eigenvalue weighted by Crippen LogP contribution is 2.33. The van der Waals surface area contributed by atoms with E-state index in [4.69, 9.17) is 10.7 Å². The van der Waals surface area contributed by atoms with Gasteiger partial charge in [-0.3, -0.25) is 0 Å². The Morgan fingerprint density at radius 2 is 1.95 bits per heavy atom. The second kappa shape index (κ2) is 5.45. The van der Waals surface area contributed by atoms with E-state index in [2.05, 4.69) is 18.0 Å². The van der Waals surface area contributed by atoms with Crippen molar-refractivity contribution >= 4 is 27.4 Å². The number of nitrogens with zero attached hydrogens (tertiary/aromatic N) is 2. The van der Waals surface area contributed by atoms with Gasteiger partial charge >= 0.3 is 0 Å². The van der Waals surface area contributed by atoms with Crippen molar-refractivity contribution in [2.75, 3.05) is 5.73 Å². The van der Waals surface area contributed by atoms with Gasteiger partial charge in [0.15, 0.2) is 0 Å². The van der Waals surface area contributed by atoms with E-state index in [1.807, 2.05) is 0 Å². The Kier molecular flexibility index (Phi) is 3.69. The third kappa shape index (κ3) is 2.59. The van der Waals surface area contributed by atoms with Gasteiger partial charge in [0, 0.05) is 10.8 Å². The van der Waals surface area contributed by atoms with E-state index in [9.17, 15) is 0 Å². The first-order valence-electron chi connectivity index (χ1n) is 7.33. The summed E-state index contributed by atoms with van der Waals surface area (Å²) in [5.74, 6) is 2.16. The SMILES string of the molecule is CCc1cc2c(N)nc(C3CCCCCC3)nc2s1. The Bertz CT molecular complexity index is 568. The lowest BCUT2D eigenvalue weighted by atomic mass is 9.99. The summed E-state index contributed by atoms with van der Waals surface area (Å²) < 4.78 is 0. The summed E-state index contributed by atoms with van der Waals surface area (Å²) in [5, 5.41) is 1.04. The van der Waals surface area contributed by atoms with Crippen LogP contribution in [0, 0.1) is 0 Å². The molecule has 2 aromatic rings. The van der Waals surface area contributed by atoms with Crippen molar-refractivity contribution in [3.05, 3.63) is 16.8 Å². The maximum Gasteiger partial charge on any atom is 0.135 e. The van der Waals surface area contributed by atoms with Crippen molar-refractivity contribution in [3.8, 4) is 0 Å². The van der Waals surface area contributed by atoms with Crippen LogP contribution in [0.2, 0.25) is 0 Å². The van der Waals surface area contributed by atoms with Crippen molar-refractivity contribution < 1.29 is 0 Å². The van der Waals surface area contributed by atoms with Crippen LogP contribution in [0.3, 0.4) is 0 Å². The van der Waals surface area contributed by atoms with Crippen LogP contribution >= 0.6 is 11.3 Å². The molecule has 0 spiro atoms. The average molecular weight is 275 g/mol. The largest absolute Gasteiger partial charge is 0.383 e. The summed E-state index contributed by atoms with van der Waals surface area (Å²) in [7, 11) is 0. The molecule has 0 aromatic carbocycles. The second-order valence-electron chi connectivity index (χ2n) is 5.44. The molecule has 0 saturated heterocycles. The summed E-state index contributed by atoms with van der Waals surface area (Å²) in [5.41, 5.74) is 6.13. The van der Waals surface area contributed by atoms with Gasteiger partial charge < -0.3 is 5.73 Å². The Labute approximate surface area is 118 Å². The highest BCUT2D eigenvalue weighted by Gasteiger charge is 2.19. The fraction of sp³-hybridized carbons (Fsp3) is 0.600. The number of rotatable bonds is 2. The molecule has 102 valence electrons. The minimum Gasteiger partial charge on any atom is -0.383 e. The van der Waals surface area contributed by atoms with Crippen LogP contribution in [0.15, 0.2) is 6.07 Å². The van der Waals surface area contributed by atoms with Crippen molar-refractivity contribution in [1.82, 2.24) is 9.97 Å². The lowest BCUT2D eigenvalue weighted by Crippen LogP contribution is -2.06. The summed E-state index contributed by atoms with van der Waals surface area (Å²) in [6.07, 6.45) is 8.79. The van der Waals surface area contributed by atoms with E-state index in [0.29, 0.717) is 11.7 Å². The highest BCUT2D eigenvalue weighted by molar-refractivity contribution is 7.18. The summed E-state index contributed by atoms with van der Waals surface area (Å²) >= 11 is 1.76. The van der Waals surface area contributed by atoms with E-state index in [1.54, 1.807) is 11.3 Å². The summed E-state index contributed by atoms with van der Waals surface area (Å²) in [6, 6.07) is 2.15. The zero-order chi connectivity index (χ0) is 13.2.